The number of benzene rings is 3. The zero-order valence-electron chi connectivity index (χ0n) is 20.0. The van der Waals surface area contributed by atoms with E-state index in [0.29, 0.717) is 29.4 Å². The number of hydrogen-bond acceptors (Lipinski definition) is 5. The molecule has 0 aliphatic rings. The van der Waals surface area contributed by atoms with Gasteiger partial charge < -0.3 is 19.7 Å². The number of carbonyl (C=O) groups is 1. The van der Waals surface area contributed by atoms with Crippen LogP contribution in [0.4, 0.5) is 11.4 Å². The zero-order chi connectivity index (χ0) is 25.2. The van der Waals surface area contributed by atoms with E-state index in [4.69, 9.17) is 9.47 Å². The molecular formula is C28H28IN3O3. The first-order valence-corrected chi connectivity index (χ1v) is 12.4. The van der Waals surface area contributed by atoms with Gasteiger partial charge in [-0.1, -0.05) is 24.3 Å². The van der Waals surface area contributed by atoms with Crippen molar-refractivity contribution in [2.75, 3.05) is 30.4 Å². The lowest BCUT2D eigenvalue weighted by Crippen LogP contribution is -2.21. The maximum Gasteiger partial charge on any atom is 0.266 e. The Balaban J connectivity index is 1.92. The number of methoxy groups -OCH3 is 1. The lowest BCUT2D eigenvalue weighted by molar-refractivity contribution is -0.112. The van der Waals surface area contributed by atoms with E-state index in [1.165, 1.54) is 7.11 Å². The Hall–Kier alpha value is -3.51. The number of ether oxygens (including phenoxy) is 2. The third-order valence-corrected chi connectivity index (χ3v) is 6.17. The Bertz CT molecular complexity index is 1230. The number of anilines is 2. The van der Waals surface area contributed by atoms with Gasteiger partial charge in [-0.05, 0) is 84.5 Å². The van der Waals surface area contributed by atoms with Gasteiger partial charge in [0.1, 0.15) is 29.7 Å². The summed E-state index contributed by atoms with van der Waals surface area (Å²) in [6.07, 6.45) is 1.56. The molecule has 1 amide bonds. The third kappa shape index (κ3) is 6.99. The van der Waals surface area contributed by atoms with Gasteiger partial charge in [0.15, 0.2) is 0 Å². The van der Waals surface area contributed by atoms with Gasteiger partial charge in [-0.3, -0.25) is 4.79 Å². The summed E-state index contributed by atoms with van der Waals surface area (Å²) in [7, 11) is 1.53. The van der Waals surface area contributed by atoms with Crippen LogP contribution >= 0.6 is 22.6 Å². The summed E-state index contributed by atoms with van der Waals surface area (Å²) >= 11 is 2.27. The summed E-state index contributed by atoms with van der Waals surface area (Å²) in [5, 5.41) is 12.5. The van der Waals surface area contributed by atoms with Crippen molar-refractivity contribution >= 4 is 45.9 Å². The van der Waals surface area contributed by atoms with Crippen LogP contribution < -0.4 is 19.7 Å². The highest BCUT2D eigenvalue weighted by Crippen LogP contribution is 2.29. The molecule has 0 spiro atoms. The number of halogens is 1. The van der Waals surface area contributed by atoms with Crippen molar-refractivity contribution in [2.24, 2.45) is 0 Å². The van der Waals surface area contributed by atoms with E-state index in [1.54, 1.807) is 24.3 Å². The Labute approximate surface area is 220 Å². The Morgan fingerprint density at radius 2 is 1.77 bits per heavy atom. The maximum absolute atomic E-state index is 12.9. The molecule has 180 valence electrons. The minimum atomic E-state index is -0.520. The van der Waals surface area contributed by atoms with E-state index in [-0.39, 0.29) is 5.57 Å². The zero-order valence-corrected chi connectivity index (χ0v) is 22.2. The number of nitriles is 1. The molecule has 3 aromatic carbocycles. The van der Waals surface area contributed by atoms with Crippen LogP contribution in [0, 0.1) is 14.9 Å². The first kappa shape index (κ1) is 26.1. The normalized spacial score (nSPS) is 10.9. The molecular weight excluding hydrogens is 553 g/mol. The van der Waals surface area contributed by atoms with Gasteiger partial charge in [0.05, 0.1) is 12.8 Å². The number of nitrogens with zero attached hydrogens (tertiary/aromatic N) is 2. The number of nitrogens with one attached hydrogen (secondary N) is 1. The van der Waals surface area contributed by atoms with E-state index >= 15 is 0 Å². The van der Waals surface area contributed by atoms with Crippen molar-refractivity contribution in [3.8, 4) is 17.6 Å². The second-order valence-electron chi connectivity index (χ2n) is 7.63. The van der Waals surface area contributed by atoms with Gasteiger partial charge in [-0.15, -0.1) is 0 Å². The molecule has 0 saturated heterocycles. The van der Waals surface area contributed by atoms with Crippen LogP contribution in [-0.4, -0.2) is 26.1 Å². The second-order valence-corrected chi connectivity index (χ2v) is 8.88. The summed E-state index contributed by atoms with van der Waals surface area (Å²) < 4.78 is 12.6. The summed E-state index contributed by atoms with van der Waals surface area (Å²) in [4.78, 5) is 15.1. The van der Waals surface area contributed by atoms with E-state index < -0.39 is 5.91 Å². The van der Waals surface area contributed by atoms with Crippen LogP contribution in [0.1, 0.15) is 25.0 Å². The monoisotopic (exact) mass is 581 g/mol. The van der Waals surface area contributed by atoms with Crippen LogP contribution in [0.25, 0.3) is 6.08 Å². The van der Waals surface area contributed by atoms with Crippen LogP contribution in [-0.2, 0) is 11.4 Å². The largest absolute Gasteiger partial charge is 0.495 e. The van der Waals surface area contributed by atoms with Gasteiger partial charge in [0.2, 0.25) is 0 Å². The molecule has 0 aliphatic carbocycles. The predicted octanol–water partition coefficient (Wildman–Crippen LogP) is 6.27. The molecule has 1 N–H and O–H groups in total. The molecule has 3 aromatic rings. The molecule has 0 aromatic heterocycles. The second kappa shape index (κ2) is 12.8. The van der Waals surface area contributed by atoms with Gasteiger partial charge >= 0.3 is 0 Å². The van der Waals surface area contributed by atoms with Crippen LogP contribution in [0.3, 0.4) is 0 Å². The summed E-state index contributed by atoms with van der Waals surface area (Å²) in [5.74, 6) is 0.599. The summed E-state index contributed by atoms with van der Waals surface area (Å²) in [6, 6.07) is 23.0. The topological polar surface area (TPSA) is 74.6 Å². The lowest BCUT2D eigenvalue weighted by Gasteiger charge is -2.22. The highest BCUT2D eigenvalue weighted by molar-refractivity contribution is 14.1. The smallest absolute Gasteiger partial charge is 0.266 e. The SMILES string of the molecule is CCN(CC)c1ccc(/C=C(\C#N)C(=O)Nc2ccccc2OC)c(OCc2ccc(I)cc2)c1. The number of rotatable bonds is 10. The van der Waals surface area contributed by atoms with Crippen molar-refractivity contribution < 1.29 is 14.3 Å². The highest BCUT2D eigenvalue weighted by atomic mass is 127. The van der Waals surface area contributed by atoms with E-state index in [1.807, 2.05) is 54.6 Å². The van der Waals surface area contributed by atoms with E-state index in [2.05, 4.69) is 46.7 Å². The van der Waals surface area contributed by atoms with Crippen LogP contribution in [0.5, 0.6) is 11.5 Å². The molecule has 0 radical (unpaired) electrons. The molecule has 0 unspecified atom stereocenters. The molecule has 0 bridgehead atoms. The lowest BCUT2D eigenvalue weighted by atomic mass is 10.1. The molecule has 0 saturated carbocycles. The fourth-order valence-corrected chi connectivity index (χ4v) is 3.90. The molecule has 3 rings (SSSR count). The average Bonchev–Trinajstić information content (AvgIpc) is 2.88. The van der Waals surface area contributed by atoms with E-state index in [0.717, 1.165) is 27.9 Å². The standard InChI is InChI=1S/C28H28IN3O3/c1-4-32(5-2)24-15-12-21(27(17-24)35-19-20-10-13-23(29)14-11-20)16-22(18-30)28(33)31-25-8-6-7-9-26(25)34-3/h6-17H,4-5,19H2,1-3H3,(H,31,33)/b22-16+. The molecule has 0 atom stereocenters. The minimum absolute atomic E-state index is 0.0365. The number of amides is 1. The van der Waals surface area contributed by atoms with Gasteiger partial charge in [-0.2, -0.15) is 5.26 Å². The van der Waals surface area contributed by atoms with Crippen molar-refractivity contribution in [3.63, 3.8) is 0 Å². The third-order valence-electron chi connectivity index (χ3n) is 5.45. The summed E-state index contributed by atoms with van der Waals surface area (Å²) in [6.45, 7) is 6.27. The first-order chi connectivity index (χ1) is 17.0. The minimum Gasteiger partial charge on any atom is -0.495 e. The van der Waals surface area contributed by atoms with E-state index in [9.17, 15) is 10.1 Å². The molecule has 0 aliphatic heterocycles. The van der Waals surface area contributed by atoms with Crippen molar-refractivity contribution in [1.29, 1.82) is 5.26 Å². The number of hydrogen-bond donors (Lipinski definition) is 1. The van der Waals surface area contributed by atoms with Crippen LogP contribution in [0.2, 0.25) is 0 Å². The van der Waals surface area contributed by atoms with Crippen molar-refractivity contribution in [2.45, 2.75) is 20.5 Å². The Morgan fingerprint density at radius 1 is 1.06 bits per heavy atom. The number of carbonyl (C=O) groups excluding carboxylic acids is 1. The molecule has 0 heterocycles. The van der Waals surface area contributed by atoms with Crippen LogP contribution in [0.15, 0.2) is 72.3 Å². The molecule has 35 heavy (non-hydrogen) atoms. The summed E-state index contributed by atoms with van der Waals surface area (Å²) in [5.41, 5.74) is 3.15. The van der Waals surface area contributed by atoms with Crippen molar-refractivity contribution in [3.05, 3.63) is 87.0 Å². The molecule has 7 heteroatoms. The molecule has 0 fully saturated rings. The Kier molecular flexibility index (Phi) is 9.56. The predicted molar refractivity (Wildman–Crippen MR) is 149 cm³/mol. The number of para-hydroxylation sites is 2. The van der Waals surface area contributed by atoms with Crippen molar-refractivity contribution in [1.82, 2.24) is 0 Å². The first-order valence-electron chi connectivity index (χ1n) is 11.3. The fourth-order valence-electron chi connectivity index (χ4n) is 3.54. The average molecular weight is 581 g/mol. The Morgan fingerprint density at radius 3 is 2.43 bits per heavy atom. The quantitative estimate of drug-likeness (QED) is 0.174. The van der Waals surface area contributed by atoms with Gasteiger partial charge in [-0.25, -0.2) is 0 Å². The van der Waals surface area contributed by atoms with Gasteiger partial charge in [0.25, 0.3) is 5.91 Å². The highest BCUT2D eigenvalue weighted by Gasteiger charge is 2.15. The van der Waals surface area contributed by atoms with Gasteiger partial charge in [0, 0.05) is 34.0 Å². The fraction of sp³-hybridized carbons (Fsp3) is 0.214. The maximum atomic E-state index is 12.9. The molecule has 6 nitrogen and oxygen atoms in total.